The standard InChI is InChI=1S/C26H30N2O4/c1-30-23-11-4-5-12-24(23)32-19-16-28(15-17-29)14-7-18-31-25-13-6-10-22-26(25)20-8-2-3-9-21(20)27-22/h2-6,8-13,27,29H,7,14-19H2,1H3. The van der Waals surface area contributed by atoms with E-state index in [1.807, 2.05) is 48.5 Å². The summed E-state index contributed by atoms with van der Waals surface area (Å²) in [6.07, 6.45) is 0.855. The van der Waals surface area contributed by atoms with Crippen LogP contribution in [0, 0.1) is 0 Å². The average Bonchev–Trinajstić information content (AvgIpc) is 3.21. The first kappa shape index (κ1) is 22.0. The van der Waals surface area contributed by atoms with Crippen molar-refractivity contribution in [2.24, 2.45) is 0 Å². The third-order valence-corrected chi connectivity index (χ3v) is 5.52. The Kier molecular flexibility index (Phi) is 7.48. The minimum absolute atomic E-state index is 0.115. The minimum atomic E-state index is 0.115. The van der Waals surface area contributed by atoms with Crippen molar-refractivity contribution in [1.29, 1.82) is 0 Å². The lowest BCUT2D eigenvalue weighted by Crippen LogP contribution is -2.32. The number of hydrogen-bond donors (Lipinski definition) is 2. The van der Waals surface area contributed by atoms with Crippen molar-refractivity contribution >= 4 is 21.8 Å². The molecule has 0 fully saturated rings. The normalized spacial score (nSPS) is 11.3. The highest BCUT2D eigenvalue weighted by atomic mass is 16.5. The molecule has 168 valence electrons. The molecule has 0 atom stereocenters. The first-order valence-electron chi connectivity index (χ1n) is 11.0. The Morgan fingerprint density at radius 3 is 2.31 bits per heavy atom. The zero-order valence-corrected chi connectivity index (χ0v) is 18.4. The first-order valence-corrected chi connectivity index (χ1v) is 11.0. The Morgan fingerprint density at radius 2 is 1.47 bits per heavy atom. The zero-order chi connectivity index (χ0) is 22.2. The molecule has 4 aromatic rings. The van der Waals surface area contributed by atoms with Gasteiger partial charge in [-0.1, -0.05) is 36.4 Å². The molecular formula is C26H30N2O4. The second kappa shape index (κ2) is 10.9. The van der Waals surface area contributed by atoms with Crippen molar-refractivity contribution in [3.8, 4) is 17.2 Å². The zero-order valence-electron chi connectivity index (χ0n) is 18.4. The summed E-state index contributed by atoms with van der Waals surface area (Å²) in [6, 6.07) is 22.0. The minimum Gasteiger partial charge on any atom is -0.493 e. The van der Waals surface area contributed by atoms with Crippen LogP contribution in [0.1, 0.15) is 6.42 Å². The van der Waals surface area contributed by atoms with Crippen LogP contribution in [0.2, 0.25) is 0 Å². The lowest BCUT2D eigenvalue weighted by atomic mass is 10.1. The van der Waals surface area contributed by atoms with Gasteiger partial charge < -0.3 is 24.3 Å². The molecule has 6 heteroatoms. The van der Waals surface area contributed by atoms with Crippen molar-refractivity contribution in [3.63, 3.8) is 0 Å². The fourth-order valence-electron chi connectivity index (χ4n) is 3.96. The number of benzene rings is 3. The average molecular weight is 435 g/mol. The van der Waals surface area contributed by atoms with Crippen LogP contribution in [0.4, 0.5) is 0 Å². The van der Waals surface area contributed by atoms with E-state index in [2.05, 4.69) is 28.1 Å². The number of ether oxygens (including phenoxy) is 3. The van der Waals surface area contributed by atoms with Crippen LogP contribution in [0.5, 0.6) is 17.2 Å². The van der Waals surface area contributed by atoms with Gasteiger partial charge in [0, 0.05) is 35.9 Å². The number of methoxy groups -OCH3 is 1. The van der Waals surface area contributed by atoms with Crippen LogP contribution < -0.4 is 14.2 Å². The number of aromatic amines is 1. The largest absolute Gasteiger partial charge is 0.493 e. The van der Waals surface area contributed by atoms with Crippen molar-refractivity contribution in [2.75, 3.05) is 46.6 Å². The lowest BCUT2D eigenvalue weighted by Gasteiger charge is -2.21. The van der Waals surface area contributed by atoms with E-state index < -0.39 is 0 Å². The second-order valence-electron chi connectivity index (χ2n) is 7.62. The summed E-state index contributed by atoms with van der Waals surface area (Å²) < 4.78 is 17.4. The molecule has 32 heavy (non-hydrogen) atoms. The molecule has 0 amide bonds. The van der Waals surface area contributed by atoms with E-state index in [1.54, 1.807) is 7.11 Å². The third-order valence-electron chi connectivity index (χ3n) is 5.52. The highest BCUT2D eigenvalue weighted by Gasteiger charge is 2.10. The summed E-state index contributed by atoms with van der Waals surface area (Å²) in [4.78, 5) is 5.64. The second-order valence-corrected chi connectivity index (χ2v) is 7.62. The van der Waals surface area contributed by atoms with Crippen LogP contribution in [-0.4, -0.2) is 61.6 Å². The predicted molar refractivity (Wildman–Crippen MR) is 128 cm³/mol. The van der Waals surface area contributed by atoms with Crippen molar-refractivity contribution in [3.05, 3.63) is 66.7 Å². The van der Waals surface area contributed by atoms with Crippen LogP contribution in [0.3, 0.4) is 0 Å². The molecule has 0 unspecified atom stereocenters. The quantitative estimate of drug-likeness (QED) is 0.322. The van der Waals surface area contributed by atoms with Crippen molar-refractivity contribution < 1.29 is 19.3 Å². The molecule has 0 aliphatic rings. The molecule has 0 saturated carbocycles. The molecule has 0 saturated heterocycles. The maximum absolute atomic E-state index is 9.43. The molecule has 2 N–H and O–H groups in total. The van der Waals surface area contributed by atoms with Gasteiger partial charge >= 0.3 is 0 Å². The van der Waals surface area contributed by atoms with Crippen LogP contribution >= 0.6 is 0 Å². The van der Waals surface area contributed by atoms with E-state index in [9.17, 15) is 5.11 Å². The summed E-state index contributed by atoms with van der Waals surface area (Å²) >= 11 is 0. The molecular weight excluding hydrogens is 404 g/mol. The van der Waals surface area contributed by atoms with Crippen LogP contribution in [-0.2, 0) is 0 Å². The molecule has 0 aliphatic heterocycles. The lowest BCUT2D eigenvalue weighted by molar-refractivity contribution is 0.158. The summed E-state index contributed by atoms with van der Waals surface area (Å²) in [6.45, 7) is 3.39. The number of rotatable bonds is 12. The molecule has 0 aliphatic carbocycles. The third kappa shape index (κ3) is 5.15. The Morgan fingerprint density at radius 1 is 0.750 bits per heavy atom. The maximum Gasteiger partial charge on any atom is 0.161 e. The highest BCUT2D eigenvalue weighted by Crippen LogP contribution is 2.33. The molecule has 1 aromatic heterocycles. The van der Waals surface area contributed by atoms with Gasteiger partial charge in [0.2, 0.25) is 0 Å². The summed E-state index contributed by atoms with van der Waals surface area (Å²) in [5.41, 5.74) is 2.20. The number of fused-ring (bicyclic) bond motifs is 3. The molecule has 0 radical (unpaired) electrons. The number of hydrogen-bond acceptors (Lipinski definition) is 5. The van der Waals surface area contributed by atoms with Crippen LogP contribution in [0.25, 0.3) is 21.8 Å². The molecule has 0 spiro atoms. The van der Waals surface area contributed by atoms with E-state index in [0.29, 0.717) is 19.8 Å². The van der Waals surface area contributed by atoms with Gasteiger partial charge in [0.15, 0.2) is 11.5 Å². The fourth-order valence-corrected chi connectivity index (χ4v) is 3.96. The fraction of sp³-hybridized carbons (Fsp3) is 0.308. The molecule has 6 nitrogen and oxygen atoms in total. The Bertz CT molecular complexity index is 1140. The van der Waals surface area contributed by atoms with Crippen LogP contribution in [0.15, 0.2) is 66.7 Å². The number of nitrogens with one attached hydrogen (secondary N) is 1. The van der Waals surface area contributed by atoms with Gasteiger partial charge in [0.25, 0.3) is 0 Å². The Hall–Kier alpha value is -3.22. The van der Waals surface area contributed by atoms with E-state index in [0.717, 1.165) is 53.2 Å². The maximum atomic E-state index is 9.43. The van der Waals surface area contributed by atoms with E-state index in [4.69, 9.17) is 14.2 Å². The van der Waals surface area contributed by atoms with E-state index >= 15 is 0 Å². The van der Waals surface area contributed by atoms with E-state index in [-0.39, 0.29) is 6.61 Å². The SMILES string of the molecule is COc1ccccc1OCCN(CCO)CCCOc1cccc2[nH]c3ccccc3c12. The van der Waals surface area contributed by atoms with Crippen molar-refractivity contribution in [1.82, 2.24) is 9.88 Å². The molecule has 1 heterocycles. The molecule has 4 rings (SSSR count). The first-order chi connectivity index (χ1) is 15.8. The number of aromatic nitrogens is 1. The summed E-state index contributed by atoms with van der Waals surface area (Å²) in [5, 5.41) is 11.7. The number of aliphatic hydroxyl groups excluding tert-OH is 1. The van der Waals surface area contributed by atoms with Gasteiger partial charge in [-0.15, -0.1) is 0 Å². The molecule has 3 aromatic carbocycles. The van der Waals surface area contributed by atoms with Gasteiger partial charge in [0.05, 0.1) is 25.8 Å². The highest BCUT2D eigenvalue weighted by molar-refractivity contribution is 6.10. The van der Waals surface area contributed by atoms with E-state index in [1.165, 1.54) is 5.39 Å². The number of para-hydroxylation sites is 3. The smallest absolute Gasteiger partial charge is 0.161 e. The topological polar surface area (TPSA) is 67.0 Å². The van der Waals surface area contributed by atoms with Gasteiger partial charge in [-0.3, -0.25) is 4.90 Å². The van der Waals surface area contributed by atoms with Gasteiger partial charge in [0.1, 0.15) is 12.4 Å². The predicted octanol–water partition coefficient (Wildman–Crippen LogP) is 4.47. The van der Waals surface area contributed by atoms with Gasteiger partial charge in [-0.25, -0.2) is 0 Å². The van der Waals surface area contributed by atoms with Crippen molar-refractivity contribution in [2.45, 2.75) is 6.42 Å². The summed E-state index contributed by atoms with van der Waals surface area (Å²) in [7, 11) is 1.64. The Balaban J connectivity index is 1.29. The summed E-state index contributed by atoms with van der Waals surface area (Å²) in [5.74, 6) is 2.35. The number of nitrogens with zero attached hydrogens (tertiary/aromatic N) is 1. The Labute approximate surface area is 188 Å². The van der Waals surface area contributed by atoms with Gasteiger partial charge in [-0.2, -0.15) is 0 Å². The molecule has 0 bridgehead atoms. The number of aliphatic hydroxyl groups is 1. The number of H-pyrrole nitrogens is 1. The monoisotopic (exact) mass is 434 g/mol. The van der Waals surface area contributed by atoms with Gasteiger partial charge in [-0.05, 0) is 36.8 Å².